The highest BCUT2D eigenvalue weighted by molar-refractivity contribution is 6.33. The van der Waals surface area contributed by atoms with Crippen molar-refractivity contribution in [1.82, 2.24) is 20.3 Å². The van der Waals surface area contributed by atoms with Gasteiger partial charge in [-0.3, -0.25) is 4.79 Å². The van der Waals surface area contributed by atoms with E-state index in [1.807, 2.05) is 38.1 Å². The van der Waals surface area contributed by atoms with E-state index in [0.29, 0.717) is 33.4 Å². The normalized spacial score (nSPS) is 11.2. The van der Waals surface area contributed by atoms with E-state index in [1.165, 1.54) is 14.0 Å². The molecule has 2 heterocycles. The number of fused-ring (bicyclic) bond motifs is 1. The van der Waals surface area contributed by atoms with Crippen LogP contribution in [-0.4, -0.2) is 40.5 Å². The summed E-state index contributed by atoms with van der Waals surface area (Å²) in [5.41, 5.74) is 2.81. The number of aromatic amines is 1. The van der Waals surface area contributed by atoms with Gasteiger partial charge in [0.05, 0.1) is 28.9 Å². The van der Waals surface area contributed by atoms with E-state index < -0.39 is 11.5 Å². The first-order valence-corrected chi connectivity index (χ1v) is 11.5. The van der Waals surface area contributed by atoms with Crippen LogP contribution in [0.2, 0.25) is 5.02 Å². The number of hydrogen-bond donors (Lipinski definition) is 2. The van der Waals surface area contributed by atoms with E-state index in [2.05, 4.69) is 25.0 Å². The van der Waals surface area contributed by atoms with Crippen molar-refractivity contribution in [1.29, 1.82) is 0 Å². The highest BCUT2D eigenvalue weighted by Crippen LogP contribution is 2.31. The lowest BCUT2D eigenvalue weighted by Gasteiger charge is -2.26. The molecule has 0 spiro atoms. The highest BCUT2D eigenvalue weighted by atomic mass is 35.5. The molecule has 0 atom stereocenters. The number of carbonyl (C=O) groups is 2. The van der Waals surface area contributed by atoms with E-state index in [-0.39, 0.29) is 18.5 Å². The lowest BCUT2D eigenvalue weighted by molar-refractivity contribution is -0.142. The largest absolute Gasteiger partial charge is 0.482 e. The molecule has 1 amide bonds. The number of pyridine rings is 1. The fourth-order valence-electron chi connectivity index (χ4n) is 3.62. The summed E-state index contributed by atoms with van der Waals surface area (Å²) in [4.78, 5) is 34.8. The fraction of sp³-hybridized carbons (Fsp3) is 0.231. The second-order valence-electron chi connectivity index (χ2n) is 8.55. The lowest BCUT2D eigenvalue weighted by Crippen LogP contribution is -2.39. The van der Waals surface area contributed by atoms with E-state index in [1.54, 1.807) is 30.3 Å². The zero-order valence-electron chi connectivity index (χ0n) is 20.2. The Kier molecular flexibility index (Phi) is 7.12. The predicted octanol–water partition coefficient (Wildman–Crippen LogP) is 4.99. The van der Waals surface area contributed by atoms with Gasteiger partial charge in [0.25, 0.3) is 0 Å². The molecule has 0 radical (unpaired) electrons. The van der Waals surface area contributed by atoms with Crippen molar-refractivity contribution in [2.75, 3.05) is 13.7 Å². The van der Waals surface area contributed by atoms with Crippen molar-refractivity contribution in [2.45, 2.75) is 26.3 Å². The third kappa shape index (κ3) is 5.75. The molecular formula is C26H25ClN4O5. The summed E-state index contributed by atoms with van der Waals surface area (Å²) in [5, 5.41) is 3.35. The van der Waals surface area contributed by atoms with Gasteiger partial charge in [0.2, 0.25) is 5.91 Å². The molecule has 2 aromatic carbocycles. The van der Waals surface area contributed by atoms with Crippen molar-refractivity contribution in [3.8, 4) is 28.8 Å². The van der Waals surface area contributed by atoms with Crippen LogP contribution in [0.25, 0.3) is 22.4 Å². The number of halogens is 1. The molecule has 0 saturated heterocycles. The van der Waals surface area contributed by atoms with Gasteiger partial charge in [-0.15, -0.1) is 0 Å². The van der Waals surface area contributed by atoms with Crippen LogP contribution in [0.15, 0.2) is 54.6 Å². The van der Waals surface area contributed by atoms with Crippen LogP contribution < -0.4 is 14.8 Å². The van der Waals surface area contributed by atoms with Crippen LogP contribution in [0.3, 0.4) is 0 Å². The monoisotopic (exact) mass is 508 g/mol. The topological polar surface area (TPSA) is 115 Å². The minimum atomic E-state index is -0.507. The van der Waals surface area contributed by atoms with Crippen LogP contribution in [-0.2, 0) is 19.9 Å². The zero-order valence-corrected chi connectivity index (χ0v) is 21.0. The molecule has 9 nitrogen and oxygen atoms in total. The molecule has 2 N–H and O–H groups in total. The standard InChI is InChI=1S/C26H25ClN4O5/c1-15(32)31-26(2,3)17-7-11-19(12-8-17)36-25-28-21-13-20(27)23(29-24(21)30-25)16-5-9-18(10-6-16)35-14-22(33)34-4/h5-13H,14H2,1-4H3,(H,31,32)(H,28,29,30). The quantitative estimate of drug-likeness (QED) is 0.322. The highest BCUT2D eigenvalue weighted by Gasteiger charge is 2.21. The van der Waals surface area contributed by atoms with Crippen LogP contribution in [0.1, 0.15) is 26.3 Å². The number of hydrogen-bond acceptors (Lipinski definition) is 7. The predicted molar refractivity (Wildman–Crippen MR) is 135 cm³/mol. The summed E-state index contributed by atoms with van der Waals surface area (Å²) in [6, 6.07) is 16.4. The summed E-state index contributed by atoms with van der Waals surface area (Å²) in [6.07, 6.45) is 0. The third-order valence-corrected chi connectivity index (χ3v) is 5.68. The summed E-state index contributed by atoms with van der Waals surface area (Å²) < 4.78 is 15.8. The van der Waals surface area contributed by atoms with Gasteiger partial charge in [-0.05, 0) is 61.9 Å². The van der Waals surface area contributed by atoms with Gasteiger partial charge in [-0.25, -0.2) is 9.78 Å². The number of H-pyrrole nitrogens is 1. The van der Waals surface area contributed by atoms with Gasteiger partial charge < -0.3 is 24.5 Å². The number of ether oxygens (including phenoxy) is 3. The third-order valence-electron chi connectivity index (χ3n) is 5.40. The van der Waals surface area contributed by atoms with Gasteiger partial charge in [0.1, 0.15) is 11.5 Å². The Hall–Kier alpha value is -4.11. The molecule has 2 aromatic heterocycles. The lowest BCUT2D eigenvalue weighted by atomic mass is 9.94. The molecule has 4 rings (SSSR count). The average molecular weight is 509 g/mol. The van der Waals surface area contributed by atoms with Crippen LogP contribution in [0.4, 0.5) is 0 Å². The molecule has 0 unspecified atom stereocenters. The minimum Gasteiger partial charge on any atom is -0.482 e. The Morgan fingerprint density at radius 2 is 1.69 bits per heavy atom. The van der Waals surface area contributed by atoms with Crippen LogP contribution in [0.5, 0.6) is 17.5 Å². The minimum absolute atomic E-state index is 0.101. The molecular weight excluding hydrogens is 484 g/mol. The number of nitrogens with zero attached hydrogens (tertiary/aromatic N) is 2. The van der Waals surface area contributed by atoms with Gasteiger partial charge in [0, 0.05) is 12.5 Å². The molecule has 0 fully saturated rings. The number of carbonyl (C=O) groups excluding carboxylic acids is 2. The Bertz CT molecular complexity index is 1400. The molecule has 0 bridgehead atoms. The van der Waals surface area contributed by atoms with E-state index in [0.717, 1.165) is 11.1 Å². The fourth-order valence-corrected chi connectivity index (χ4v) is 3.88. The molecule has 10 heteroatoms. The summed E-state index contributed by atoms with van der Waals surface area (Å²) in [7, 11) is 1.30. The van der Waals surface area contributed by atoms with E-state index in [9.17, 15) is 9.59 Å². The Morgan fingerprint density at radius 1 is 1.03 bits per heavy atom. The molecule has 0 aliphatic heterocycles. The van der Waals surface area contributed by atoms with Gasteiger partial charge in [0.15, 0.2) is 12.3 Å². The number of amides is 1. The van der Waals surface area contributed by atoms with Gasteiger partial charge in [-0.2, -0.15) is 4.98 Å². The molecule has 36 heavy (non-hydrogen) atoms. The molecule has 186 valence electrons. The number of imidazole rings is 1. The van der Waals surface area contributed by atoms with Gasteiger partial charge >= 0.3 is 12.0 Å². The second kappa shape index (κ2) is 10.2. The summed E-state index contributed by atoms with van der Waals surface area (Å²) in [5.74, 6) is 0.528. The first-order chi connectivity index (χ1) is 17.1. The first kappa shape index (κ1) is 25.0. The van der Waals surface area contributed by atoms with Crippen molar-refractivity contribution in [2.24, 2.45) is 0 Å². The van der Waals surface area contributed by atoms with E-state index >= 15 is 0 Å². The van der Waals surface area contributed by atoms with Crippen molar-refractivity contribution in [3.05, 3.63) is 65.2 Å². The number of aromatic nitrogens is 3. The zero-order chi connectivity index (χ0) is 25.9. The SMILES string of the molecule is COC(=O)COc1ccc(-c2nc3nc(Oc4ccc(C(C)(C)NC(C)=O)cc4)[nH]c3cc2Cl)cc1. The van der Waals surface area contributed by atoms with Crippen molar-refractivity contribution >= 4 is 34.6 Å². The molecule has 0 aliphatic rings. The number of rotatable bonds is 8. The van der Waals surface area contributed by atoms with Crippen molar-refractivity contribution < 1.29 is 23.8 Å². The maximum absolute atomic E-state index is 11.5. The summed E-state index contributed by atoms with van der Waals surface area (Å²) in [6.45, 7) is 5.18. The van der Waals surface area contributed by atoms with E-state index in [4.69, 9.17) is 21.1 Å². The first-order valence-electron chi connectivity index (χ1n) is 11.1. The number of esters is 1. The van der Waals surface area contributed by atoms with Gasteiger partial charge in [-0.1, -0.05) is 23.7 Å². The number of methoxy groups -OCH3 is 1. The van der Waals surface area contributed by atoms with Crippen LogP contribution in [0, 0.1) is 0 Å². The second-order valence-corrected chi connectivity index (χ2v) is 8.96. The average Bonchev–Trinajstić information content (AvgIpc) is 3.22. The maximum Gasteiger partial charge on any atom is 0.343 e. The summed E-state index contributed by atoms with van der Waals surface area (Å²) >= 11 is 6.49. The molecule has 0 saturated carbocycles. The Balaban J connectivity index is 1.51. The molecule has 0 aliphatic carbocycles. The maximum atomic E-state index is 11.5. The Labute approximate surface area is 212 Å². The smallest absolute Gasteiger partial charge is 0.343 e. The van der Waals surface area contributed by atoms with Crippen molar-refractivity contribution in [3.63, 3.8) is 0 Å². The molecule has 4 aromatic rings. The number of nitrogens with one attached hydrogen (secondary N) is 2. The number of benzene rings is 2. The Morgan fingerprint density at radius 3 is 2.33 bits per heavy atom. The van der Waals surface area contributed by atoms with Crippen LogP contribution >= 0.6 is 11.6 Å².